The molecule has 0 saturated carbocycles. The number of benzene rings is 3. The molecule has 3 aromatic carbocycles. The Morgan fingerprint density at radius 1 is 1.06 bits per heavy atom. The first-order chi connectivity index (χ1) is 16.8. The summed E-state index contributed by atoms with van der Waals surface area (Å²) in [5, 5.41) is 7.61. The van der Waals surface area contributed by atoms with Gasteiger partial charge in [-0.05, 0) is 42.3 Å². The summed E-state index contributed by atoms with van der Waals surface area (Å²) in [5.74, 6) is -1.70. The number of hydrazone groups is 1. The predicted molar refractivity (Wildman–Crippen MR) is 135 cm³/mol. The van der Waals surface area contributed by atoms with Crippen LogP contribution in [0.2, 0.25) is 10.0 Å². The molecule has 9 heteroatoms. The van der Waals surface area contributed by atoms with E-state index in [-0.39, 0.29) is 18.1 Å². The molecule has 0 fully saturated rings. The summed E-state index contributed by atoms with van der Waals surface area (Å²) < 4.78 is 19.8. The summed E-state index contributed by atoms with van der Waals surface area (Å²) in [4.78, 5) is 25.2. The molecule has 0 spiro atoms. The van der Waals surface area contributed by atoms with Crippen LogP contribution in [0, 0.1) is 11.7 Å². The third kappa shape index (κ3) is 7.28. The summed E-state index contributed by atoms with van der Waals surface area (Å²) in [6, 6.07) is 16.9. The van der Waals surface area contributed by atoms with Crippen LogP contribution < -0.4 is 15.5 Å². The molecule has 0 aliphatic rings. The van der Waals surface area contributed by atoms with E-state index in [0.717, 1.165) is 5.56 Å². The van der Waals surface area contributed by atoms with Crippen LogP contribution in [0.5, 0.6) is 5.75 Å². The Balaban J connectivity index is 1.68. The second kappa shape index (κ2) is 12.3. The number of nitrogens with zero attached hydrogens (tertiary/aromatic N) is 1. The lowest BCUT2D eigenvalue weighted by molar-refractivity contribution is -0.123. The van der Waals surface area contributed by atoms with E-state index in [1.165, 1.54) is 24.4 Å². The van der Waals surface area contributed by atoms with Crippen molar-refractivity contribution in [3.8, 4) is 5.75 Å². The second-order valence-corrected chi connectivity index (χ2v) is 8.82. The van der Waals surface area contributed by atoms with Crippen LogP contribution in [0.15, 0.2) is 71.8 Å². The normalized spacial score (nSPS) is 11.9. The minimum absolute atomic E-state index is 0.145. The van der Waals surface area contributed by atoms with Crippen molar-refractivity contribution in [1.29, 1.82) is 0 Å². The van der Waals surface area contributed by atoms with Crippen LogP contribution >= 0.6 is 23.2 Å². The van der Waals surface area contributed by atoms with Gasteiger partial charge in [0.2, 0.25) is 0 Å². The quantitative estimate of drug-likeness (QED) is 0.286. The van der Waals surface area contributed by atoms with E-state index in [4.69, 9.17) is 27.9 Å². The molecule has 1 atom stereocenters. The molecule has 35 heavy (non-hydrogen) atoms. The van der Waals surface area contributed by atoms with E-state index in [1.54, 1.807) is 44.2 Å². The number of carbonyl (C=O) groups excluding carboxylic acids is 2. The van der Waals surface area contributed by atoms with Crippen LogP contribution in [0.3, 0.4) is 0 Å². The SMILES string of the molecule is CC(C)C(NC(=O)c1ccccc1F)C(=O)N/N=C/c1cc(Cl)ccc1OCc1ccccc1Cl. The van der Waals surface area contributed by atoms with Crippen molar-refractivity contribution in [2.24, 2.45) is 11.0 Å². The summed E-state index contributed by atoms with van der Waals surface area (Å²) in [5.41, 5.74) is 3.61. The van der Waals surface area contributed by atoms with E-state index in [0.29, 0.717) is 21.4 Å². The van der Waals surface area contributed by atoms with Crippen LogP contribution in [0.1, 0.15) is 35.3 Å². The Labute approximate surface area is 213 Å². The average molecular weight is 516 g/mol. The van der Waals surface area contributed by atoms with Gasteiger partial charge in [0.25, 0.3) is 11.8 Å². The highest BCUT2D eigenvalue weighted by Gasteiger charge is 2.25. The van der Waals surface area contributed by atoms with Crippen LogP contribution in [0.25, 0.3) is 0 Å². The molecule has 3 aromatic rings. The van der Waals surface area contributed by atoms with Gasteiger partial charge in [-0.1, -0.05) is 67.4 Å². The van der Waals surface area contributed by atoms with Gasteiger partial charge in [0, 0.05) is 21.2 Å². The molecule has 0 aliphatic heterocycles. The van der Waals surface area contributed by atoms with E-state index in [1.807, 2.05) is 18.2 Å². The van der Waals surface area contributed by atoms with Gasteiger partial charge < -0.3 is 10.1 Å². The molecule has 182 valence electrons. The van der Waals surface area contributed by atoms with Crippen molar-refractivity contribution in [3.05, 3.63) is 99.3 Å². The highest BCUT2D eigenvalue weighted by molar-refractivity contribution is 6.31. The predicted octanol–water partition coefficient (Wildman–Crippen LogP) is 5.62. The van der Waals surface area contributed by atoms with Crippen LogP contribution in [-0.2, 0) is 11.4 Å². The summed E-state index contributed by atoms with van der Waals surface area (Å²) >= 11 is 12.3. The van der Waals surface area contributed by atoms with Crippen molar-refractivity contribution in [1.82, 2.24) is 10.7 Å². The standard InChI is InChI=1S/C26H24Cl2FN3O3/c1-16(2)24(31-25(33)20-8-4-6-10-22(20)29)26(34)32-30-14-18-13-19(27)11-12-23(18)35-15-17-7-3-5-9-21(17)28/h3-14,16,24H,15H2,1-2H3,(H,31,33)(H,32,34)/b30-14+. The van der Waals surface area contributed by atoms with Gasteiger partial charge in [-0.15, -0.1) is 0 Å². The smallest absolute Gasteiger partial charge is 0.262 e. The molecule has 0 aromatic heterocycles. The molecule has 0 bridgehead atoms. The molecular weight excluding hydrogens is 492 g/mol. The monoisotopic (exact) mass is 515 g/mol. The Kier molecular flexibility index (Phi) is 9.23. The number of rotatable bonds is 9. The molecular formula is C26H24Cl2FN3O3. The number of ether oxygens (including phenoxy) is 1. The Hall–Kier alpha value is -3.42. The fourth-order valence-electron chi connectivity index (χ4n) is 3.16. The minimum Gasteiger partial charge on any atom is -0.488 e. The topological polar surface area (TPSA) is 79.8 Å². The minimum atomic E-state index is -0.936. The maximum atomic E-state index is 13.9. The zero-order valence-corrected chi connectivity index (χ0v) is 20.6. The first-order valence-corrected chi connectivity index (χ1v) is 11.6. The molecule has 6 nitrogen and oxygen atoms in total. The van der Waals surface area contributed by atoms with E-state index < -0.39 is 23.7 Å². The fourth-order valence-corrected chi connectivity index (χ4v) is 3.53. The zero-order valence-electron chi connectivity index (χ0n) is 19.1. The third-order valence-corrected chi connectivity index (χ3v) is 5.65. The van der Waals surface area contributed by atoms with E-state index in [9.17, 15) is 14.0 Å². The molecule has 0 saturated heterocycles. The van der Waals surface area contributed by atoms with Crippen molar-refractivity contribution in [2.75, 3.05) is 0 Å². The van der Waals surface area contributed by atoms with E-state index in [2.05, 4.69) is 15.8 Å². The first kappa shape index (κ1) is 26.2. The lowest BCUT2D eigenvalue weighted by atomic mass is 10.0. The van der Waals surface area contributed by atoms with Crippen LogP contribution in [0.4, 0.5) is 4.39 Å². The largest absolute Gasteiger partial charge is 0.488 e. The summed E-state index contributed by atoms with van der Waals surface area (Å²) in [6.07, 6.45) is 1.39. The summed E-state index contributed by atoms with van der Waals surface area (Å²) in [7, 11) is 0. The van der Waals surface area contributed by atoms with Crippen molar-refractivity contribution < 1.29 is 18.7 Å². The highest BCUT2D eigenvalue weighted by atomic mass is 35.5. The zero-order chi connectivity index (χ0) is 25.4. The van der Waals surface area contributed by atoms with Gasteiger partial charge in [0.15, 0.2) is 0 Å². The number of amides is 2. The number of hydrogen-bond acceptors (Lipinski definition) is 4. The van der Waals surface area contributed by atoms with Gasteiger partial charge in [0.05, 0.1) is 11.8 Å². The van der Waals surface area contributed by atoms with Crippen molar-refractivity contribution in [3.63, 3.8) is 0 Å². The molecule has 3 rings (SSSR count). The molecule has 1 unspecified atom stereocenters. The number of carbonyl (C=O) groups is 2. The van der Waals surface area contributed by atoms with Gasteiger partial charge >= 0.3 is 0 Å². The first-order valence-electron chi connectivity index (χ1n) is 10.8. The highest BCUT2D eigenvalue weighted by Crippen LogP contribution is 2.24. The number of hydrogen-bond donors (Lipinski definition) is 2. The maximum Gasteiger partial charge on any atom is 0.262 e. The average Bonchev–Trinajstić information content (AvgIpc) is 2.82. The Bertz CT molecular complexity index is 1230. The number of nitrogens with one attached hydrogen (secondary N) is 2. The van der Waals surface area contributed by atoms with Gasteiger partial charge in [0.1, 0.15) is 24.2 Å². The third-order valence-electron chi connectivity index (χ3n) is 5.05. The van der Waals surface area contributed by atoms with Gasteiger partial charge in [-0.3, -0.25) is 9.59 Å². The lowest BCUT2D eigenvalue weighted by Gasteiger charge is -2.20. The second-order valence-electron chi connectivity index (χ2n) is 7.97. The van der Waals surface area contributed by atoms with Gasteiger partial charge in [-0.25, -0.2) is 9.82 Å². The molecule has 0 aliphatic carbocycles. The lowest BCUT2D eigenvalue weighted by Crippen LogP contribution is -2.48. The fraction of sp³-hybridized carbons (Fsp3) is 0.192. The Morgan fingerprint density at radius 2 is 1.77 bits per heavy atom. The number of halogens is 3. The van der Waals surface area contributed by atoms with Crippen molar-refractivity contribution >= 4 is 41.2 Å². The molecule has 0 heterocycles. The summed E-state index contributed by atoms with van der Waals surface area (Å²) in [6.45, 7) is 3.74. The molecule has 0 radical (unpaired) electrons. The van der Waals surface area contributed by atoms with E-state index >= 15 is 0 Å². The maximum absolute atomic E-state index is 13.9. The molecule has 2 N–H and O–H groups in total. The van der Waals surface area contributed by atoms with Crippen LogP contribution in [-0.4, -0.2) is 24.1 Å². The molecule has 2 amide bonds. The Morgan fingerprint density at radius 3 is 2.49 bits per heavy atom. The van der Waals surface area contributed by atoms with Gasteiger partial charge in [-0.2, -0.15) is 5.10 Å². The van der Waals surface area contributed by atoms with Crippen molar-refractivity contribution in [2.45, 2.75) is 26.5 Å².